The van der Waals surface area contributed by atoms with E-state index >= 15 is 0 Å². The highest BCUT2D eigenvalue weighted by Gasteiger charge is 2.49. The van der Waals surface area contributed by atoms with Crippen LogP contribution in [0.5, 0.6) is 0 Å². The van der Waals surface area contributed by atoms with Gasteiger partial charge in [-0.05, 0) is 31.5 Å². The highest BCUT2D eigenvalue weighted by molar-refractivity contribution is 5.67. The first-order chi connectivity index (χ1) is 10.7. The lowest BCUT2D eigenvalue weighted by molar-refractivity contribution is -0.701. The van der Waals surface area contributed by atoms with E-state index in [1.54, 1.807) is 0 Å². The van der Waals surface area contributed by atoms with E-state index in [1.807, 2.05) is 0 Å². The monoisotopic (exact) mass is 284 g/mol. The van der Waals surface area contributed by atoms with Gasteiger partial charge in [0.2, 0.25) is 11.7 Å². The van der Waals surface area contributed by atoms with E-state index in [1.165, 1.54) is 33.6 Å². The fourth-order valence-corrected chi connectivity index (χ4v) is 4.38. The van der Waals surface area contributed by atoms with Crippen molar-refractivity contribution >= 4 is 0 Å². The summed E-state index contributed by atoms with van der Waals surface area (Å²) >= 11 is 0. The van der Waals surface area contributed by atoms with E-state index in [4.69, 9.17) is 0 Å². The Morgan fingerprint density at radius 3 is 2.36 bits per heavy atom. The Kier molecular flexibility index (Phi) is 2.14. The van der Waals surface area contributed by atoms with Crippen molar-refractivity contribution in [3.05, 3.63) is 89.1 Å². The van der Waals surface area contributed by atoms with Crippen LogP contribution in [0.4, 0.5) is 0 Å². The maximum Gasteiger partial charge on any atom is 0.214 e. The van der Waals surface area contributed by atoms with Gasteiger partial charge in [-0.1, -0.05) is 42.5 Å². The Hall–Kier alpha value is -2.41. The largest absolute Gasteiger partial charge is 0.214 e. The van der Waals surface area contributed by atoms with Gasteiger partial charge >= 0.3 is 0 Å². The highest BCUT2D eigenvalue weighted by atomic mass is 15.1. The van der Waals surface area contributed by atoms with Gasteiger partial charge in [-0.25, -0.2) is 0 Å². The third kappa shape index (κ3) is 1.28. The predicted octanol–water partition coefficient (Wildman–Crippen LogP) is 4.23. The normalized spacial score (nSPS) is 19.3. The molecule has 0 aliphatic carbocycles. The summed E-state index contributed by atoms with van der Waals surface area (Å²) < 4.78 is 2.55. The number of rotatable bonds is 0. The summed E-state index contributed by atoms with van der Waals surface area (Å²) in [5, 5.41) is 0. The molecule has 1 aromatic heterocycles. The smallest absolute Gasteiger partial charge is 0.183 e. The van der Waals surface area contributed by atoms with Crippen LogP contribution >= 0.6 is 0 Å². The lowest BCUT2D eigenvalue weighted by Crippen LogP contribution is -2.52. The van der Waals surface area contributed by atoms with Gasteiger partial charge in [-0.3, -0.25) is 0 Å². The van der Waals surface area contributed by atoms with Crippen LogP contribution < -0.4 is 4.57 Å². The summed E-state index contributed by atoms with van der Waals surface area (Å²) in [5.74, 6) is 0. The fourth-order valence-electron chi connectivity index (χ4n) is 4.38. The van der Waals surface area contributed by atoms with Gasteiger partial charge in [-0.2, -0.15) is 4.57 Å². The van der Waals surface area contributed by atoms with Crippen molar-refractivity contribution in [1.82, 2.24) is 0 Å². The quantitative estimate of drug-likeness (QED) is 0.425. The SMILES string of the molecule is CC1(C)c2ccccc2C2c3ccccc3-c3cccc1[n+]32. The maximum absolute atomic E-state index is 2.55. The van der Waals surface area contributed by atoms with E-state index in [0.717, 1.165) is 0 Å². The molecule has 2 aliphatic heterocycles. The van der Waals surface area contributed by atoms with E-state index in [9.17, 15) is 0 Å². The van der Waals surface area contributed by atoms with Crippen molar-refractivity contribution < 1.29 is 4.57 Å². The molecule has 0 saturated carbocycles. The Balaban J connectivity index is 1.97. The van der Waals surface area contributed by atoms with Gasteiger partial charge in [-0.15, -0.1) is 0 Å². The lowest BCUT2D eigenvalue weighted by Gasteiger charge is -2.32. The molecule has 2 aromatic carbocycles. The molecule has 0 bridgehead atoms. The minimum Gasteiger partial charge on any atom is -0.183 e. The molecular weight excluding hydrogens is 266 g/mol. The van der Waals surface area contributed by atoms with E-state index in [0.29, 0.717) is 6.04 Å². The molecule has 0 radical (unpaired) electrons. The summed E-state index contributed by atoms with van der Waals surface area (Å²) in [6.07, 6.45) is 0. The van der Waals surface area contributed by atoms with Crippen molar-refractivity contribution in [3.63, 3.8) is 0 Å². The molecule has 3 heterocycles. The molecule has 3 aromatic rings. The van der Waals surface area contributed by atoms with Crippen LogP contribution in [0, 0.1) is 0 Å². The van der Waals surface area contributed by atoms with Crippen molar-refractivity contribution in [2.45, 2.75) is 25.3 Å². The zero-order valence-electron chi connectivity index (χ0n) is 12.9. The van der Waals surface area contributed by atoms with Gasteiger partial charge in [0.15, 0.2) is 5.69 Å². The summed E-state index contributed by atoms with van der Waals surface area (Å²) in [7, 11) is 0. The molecule has 106 valence electrons. The molecule has 0 spiro atoms. The van der Waals surface area contributed by atoms with Crippen LogP contribution in [0.3, 0.4) is 0 Å². The van der Waals surface area contributed by atoms with Gasteiger partial charge in [0, 0.05) is 23.3 Å². The Labute approximate surface area is 130 Å². The summed E-state index contributed by atoms with van der Waals surface area (Å²) in [6, 6.07) is 24.9. The Morgan fingerprint density at radius 2 is 1.50 bits per heavy atom. The first-order valence-electron chi connectivity index (χ1n) is 7.93. The maximum atomic E-state index is 2.55. The van der Waals surface area contributed by atoms with Crippen LogP contribution in [0.15, 0.2) is 66.7 Å². The van der Waals surface area contributed by atoms with Crippen LogP contribution in [0.1, 0.15) is 42.3 Å². The third-order valence-electron chi connectivity index (χ3n) is 5.39. The number of hydrogen-bond donors (Lipinski definition) is 0. The number of benzene rings is 2. The Morgan fingerprint density at radius 1 is 0.773 bits per heavy atom. The Bertz CT molecular complexity index is 921. The van der Waals surface area contributed by atoms with Crippen LogP contribution in [-0.4, -0.2) is 0 Å². The van der Waals surface area contributed by atoms with Gasteiger partial charge in [0.1, 0.15) is 0 Å². The number of nitrogens with zero attached hydrogens (tertiary/aromatic N) is 1. The lowest BCUT2D eigenvalue weighted by atomic mass is 9.73. The number of pyridine rings is 1. The summed E-state index contributed by atoms with van der Waals surface area (Å²) in [4.78, 5) is 0. The minimum atomic E-state index is 0.0329. The molecule has 1 heteroatoms. The zero-order valence-corrected chi connectivity index (χ0v) is 12.9. The molecule has 5 rings (SSSR count). The highest BCUT2D eigenvalue weighted by Crippen LogP contribution is 2.46. The second-order valence-electron chi connectivity index (χ2n) is 6.87. The topological polar surface area (TPSA) is 3.88 Å². The van der Waals surface area contributed by atoms with Gasteiger partial charge in [0.05, 0.1) is 11.0 Å². The standard InChI is InChI=1S/C21H18N/c1-21(2)17-11-6-5-10-16(17)20-15-9-4-3-8-14(15)18-12-7-13-19(21)22(18)20/h3-13,20H,1-2H3/q+1. The predicted molar refractivity (Wildman–Crippen MR) is 87.9 cm³/mol. The molecule has 0 saturated heterocycles. The third-order valence-corrected chi connectivity index (χ3v) is 5.39. The molecule has 0 fully saturated rings. The first-order valence-corrected chi connectivity index (χ1v) is 7.93. The first kappa shape index (κ1) is 12.2. The van der Waals surface area contributed by atoms with E-state index < -0.39 is 0 Å². The van der Waals surface area contributed by atoms with Crippen molar-refractivity contribution in [2.75, 3.05) is 0 Å². The molecular formula is C21H18N+. The van der Waals surface area contributed by atoms with E-state index in [2.05, 4.69) is 85.1 Å². The van der Waals surface area contributed by atoms with Crippen LogP contribution in [-0.2, 0) is 5.41 Å². The van der Waals surface area contributed by atoms with Crippen molar-refractivity contribution in [3.8, 4) is 11.3 Å². The fraction of sp³-hybridized carbons (Fsp3) is 0.190. The van der Waals surface area contributed by atoms with Crippen molar-refractivity contribution in [1.29, 1.82) is 0 Å². The molecule has 22 heavy (non-hydrogen) atoms. The average molecular weight is 284 g/mol. The molecule has 2 aliphatic rings. The second-order valence-corrected chi connectivity index (χ2v) is 6.87. The van der Waals surface area contributed by atoms with Crippen LogP contribution in [0.2, 0.25) is 0 Å². The molecule has 1 unspecified atom stereocenters. The van der Waals surface area contributed by atoms with Gasteiger partial charge in [0.25, 0.3) is 0 Å². The molecule has 0 amide bonds. The van der Waals surface area contributed by atoms with Crippen molar-refractivity contribution in [2.24, 2.45) is 0 Å². The molecule has 1 nitrogen and oxygen atoms in total. The zero-order chi connectivity index (χ0) is 14.9. The summed E-state index contributed by atoms with van der Waals surface area (Å²) in [5.41, 5.74) is 8.49. The second kappa shape index (κ2) is 3.86. The molecule has 0 N–H and O–H groups in total. The number of aromatic nitrogens is 1. The van der Waals surface area contributed by atoms with Gasteiger partial charge < -0.3 is 0 Å². The van der Waals surface area contributed by atoms with Crippen LogP contribution in [0.25, 0.3) is 11.3 Å². The number of hydrogen-bond acceptors (Lipinski definition) is 0. The minimum absolute atomic E-state index is 0.0329. The van der Waals surface area contributed by atoms with E-state index in [-0.39, 0.29) is 5.41 Å². The number of fused-ring (bicyclic) bond motifs is 5. The molecule has 1 atom stereocenters. The summed E-state index contributed by atoms with van der Waals surface area (Å²) in [6.45, 7) is 4.68. The average Bonchev–Trinajstić information content (AvgIpc) is 2.88.